The average Bonchev–Trinajstić information content (AvgIpc) is 3.02. The fourth-order valence-corrected chi connectivity index (χ4v) is 5.96. The molecule has 1 aromatic heterocycles. The van der Waals surface area contributed by atoms with Crippen LogP contribution >= 0.6 is 0 Å². The Bertz CT molecular complexity index is 743. The van der Waals surface area contributed by atoms with Gasteiger partial charge in [-0.3, -0.25) is 4.79 Å². The van der Waals surface area contributed by atoms with Crippen molar-refractivity contribution in [2.45, 2.75) is 57.3 Å². The summed E-state index contributed by atoms with van der Waals surface area (Å²) < 4.78 is 32.2. The Labute approximate surface area is 167 Å². The van der Waals surface area contributed by atoms with Gasteiger partial charge in [0, 0.05) is 32.6 Å². The lowest BCUT2D eigenvalue weighted by Gasteiger charge is -2.31. The summed E-state index contributed by atoms with van der Waals surface area (Å²) in [4.78, 5) is 14.8. The van der Waals surface area contributed by atoms with Crippen LogP contribution in [0.4, 0.5) is 0 Å². The molecule has 0 spiro atoms. The molecule has 9 heteroatoms. The summed E-state index contributed by atoms with van der Waals surface area (Å²) in [5.41, 5.74) is 0.396. The molecule has 1 N–H and O–H groups in total. The van der Waals surface area contributed by atoms with E-state index in [-0.39, 0.29) is 16.7 Å². The van der Waals surface area contributed by atoms with Crippen LogP contribution in [0.5, 0.6) is 0 Å². The van der Waals surface area contributed by atoms with Gasteiger partial charge < -0.3 is 14.7 Å². The first-order valence-corrected chi connectivity index (χ1v) is 11.7. The second kappa shape index (κ2) is 9.37. The Balaban J connectivity index is 1.42. The Morgan fingerprint density at radius 2 is 1.82 bits per heavy atom. The molecule has 3 heterocycles. The summed E-state index contributed by atoms with van der Waals surface area (Å²) in [5, 5.41) is 6.78. The van der Waals surface area contributed by atoms with Gasteiger partial charge in [-0.1, -0.05) is 11.6 Å². The fourth-order valence-electron chi connectivity index (χ4n) is 4.20. The van der Waals surface area contributed by atoms with Gasteiger partial charge in [-0.15, -0.1) is 0 Å². The SMILES string of the molecule is Cc1noc(C)c1S(=O)(=O)N1CCC(CC(=O)NCCN2CCCCC2)CC1. The molecule has 8 nitrogen and oxygen atoms in total. The lowest BCUT2D eigenvalue weighted by Crippen LogP contribution is -2.41. The maximum Gasteiger partial charge on any atom is 0.248 e. The van der Waals surface area contributed by atoms with Gasteiger partial charge in [0.05, 0.1) is 0 Å². The molecule has 158 valence electrons. The largest absolute Gasteiger partial charge is 0.360 e. The topological polar surface area (TPSA) is 95.8 Å². The van der Waals surface area contributed by atoms with Gasteiger partial charge in [0.2, 0.25) is 15.9 Å². The number of likely N-dealkylation sites (tertiary alicyclic amines) is 1. The number of aromatic nitrogens is 1. The van der Waals surface area contributed by atoms with E-state index in [1.54, 1.807) is 13.8 Å². The Hall–Kier alpha value is -1.45. The molecule has 28 heavy (non-hydrogen) atoms. The third-order valence-electron chi connectivity index (χ3n) is 5.81. The summed E-state index contributed by atoms with van der Waals surface area (Å²) in [7, 11) is -3.59. The number of hydrogen-bond acceptors (Lipinski definition) is 6. The monoisotopic (exact) mass is 412 g/mol. The number of sulfonamides is 1. The van der Waals surface area contributed by atoms with E-state index in [4.69, 9.17) is 4.52 Å². The fraction of sp³-hybridized carbons (Fsp3) is 0.789. The molecule has 0 aromatic carbocycles. The number of piperidine rings is 2. The van der Waals surface area contributed by atoms with Gasteiger partial charge in [0.1, 0.15) is 10.6 Å². The van der Waals surface area contributed by atoms with Crippen molar-refractivity contribution in [3.8, 4) is 0 Å². The van der Waals surface area contributed by atoms with E-state index < -0.39 is 10.0 Å². The molecule has 2 saturated heterocycles. The van der Waals surface area contributed by atoms with E-state index in [9.17, 15) is 13.2 Å². The predicted molar refractivity (Wildman–Crippen MR) is 105 cm³/mol. The van der Waals surface area contributed by atoms with Gasteiger partial charge in [0.25, 0.3) is 0 Å². The van der Waals surface area contributed by atoms with E-state index in [1.165, 1.54) is 23.6 Å². The molecule has 0 aliphatic carbocycles. The van der Waals surface area contributed by atoms with Crippen LogP contribution in [0, 0.1) is 19.8 Å². The maximum absolute atomic E-state index is 12.9. The molecule has 1 amide bonds. The van der Waals surface area contributed by atoms with Gasteiger partial charge in [-0.25, -0.2) is 8.42 Å². The molecule has 2 aliphatic rings. The van der Waals surface area contributed by atoms with Gasteiger partial charge in [-0.05, 0) is 58.5 Å². The molecule has 2 aliphatic heterocycles. The van der Waals surface area contributed by atoms with E-state index in [2.05, 4.69) is 15.4 Å². The number of carbonyl (C=O) groups is 1. The first-order valence-electron chi connectivity index (χ1n) is 10.3. The highest BCUT2D eigenvalue weighted by Gasteiger charge is 2.34. The Kier molecular flexibility index (Phi) is 7.11. The van der Waals surface area contributed by atoms with Crippen molar-refractivity contribution in [3.05, 3.63) is 11.5 Å². The van der Waals surface area contributed by atoms with Gasteiger partial charge in [0.15, 0.2) is 5.76 Å². The zero-order chi connectivity index (χ0) is 20.1. The Morgan fingerprint density at radius 1 is 1.14 bits per heavy atom. The average molecular weight is 413 g/mol. The molecule has 0 saturated carbocycles. The lowest BCUT2D eigenvalue weighted by atomic mass is 9.94. The molecule has 1 aromatic rings. The number of nitrogens with one attached hydrogen (secondary N) is 1. The summed E-state index contributed by atoms with van der Waals surface area (Å²) in [6.45, 7) is 7.99. The number of aryl methyl sites for hydroxylation is 2. The predicted octanol–water partition coefficient (Wildman–Crippen LogP) is 1.68. The molecular formula is C19H32N4O4S. The van der Waals surface area contributed by atoms with Crippen molar-refractivity contribution in [1.29, 1.82) is 0 Å². The third kappa shape index (κ3) is 5.12. The van der Waals surface area contributed by atoms with Crippen LogP contribution in [-0.2, 0) is 14.8 Å². The summed E-state index contributed by atoms with van der Waals surface area (Å²) in [5.74, 6) is 0.628. The smallest absolute Gasteiger partial charge is 0.248 e. The number of nitrogens with zero attached hydrogens (tertiary/aromatic N) is 3. The van der Waals surface area contributed by atoms with Gasteiger partial charge >= 0.3 is 0 Å². The van der Waals surface area contributed by atoms with Crippen molar-refractivity contribution in [1.82, 2.24) is 19.7 Å². The third-order valence-corrected chi connectivity index (χ3v) is 7.96. The molecule has 3 rings (SSSR count). The van der Waals surface area contributed by atoms with Crippen LogP contribution in [-0.4, -0.2) is 68.0 Å². The second-order valence-electron chi connectivity index (χ2n) is 7.96. The molecule has 2 fully saturated rings. The van der Waals surface area contributed by atoms with E-state index in [0.29, 0.717) is 50.4 Å². The minimum atomic E-state index is -3.59. The van der Waals surface area contributed by atoms with Crippen LogP contribution in [0.2, 0.25) is 0 Å². The quantitative estimate of drug-likeness (QED) is 0.732. The Morgan fingerprint density at radius 3 is 2.43 bits per heavy atom. The highest BCUT2D eigenvalue weighted by atomic mass is 32.2. The number of amides is 1. The first-order chi connectivity index (χ1) is 13.4. The zero-order valence-electron chi connectivity index (χ0n) is 16.9. The van der Waals surface area contributed by atoms with E-state index in [1.807, 2.05) is 0 Å². The highest BCUT2D eigenvalue weighted by molar-refractivity contribution is 7.89. The van der Waals surface area contributed by atoms with Crippen molar-refractivity contribution >= 4 is 15.9 Å². The number of rotatable bonds is 7. The highest BCUT2D eigenvalue weighted by Crippen LogP contribution is 2.28. The summed E-state index contributed by atoms with van der Waals surface area (Å²) in [6.07, 6.45) is 5.68. The number of hydrogen-bond donors (Lipinski definition) is 1. The number of carbonyl (C=O) groups excluding carboxylic acids is 1. The van der Waals surface area contributed by atoms with Crippen LogP contribution in [0.25, 0.3) is 0 Å². The van der Waals surface area contributed by atoms with Gasteiger partial charge in [-0.2, -0.15) is 4.31 Å². The molecule has 0 atom stereocenters. The minimum Gasteiger partial charge on any atom is -0.360 e. The molecule has 0 unspecified atom stereocenters. The van der Waals surface area contributed by atoms with E-state index >= 15 is 0 Å². The van der Waals surface area contributed by atoms with Crippen LogP contribution in [0.3, 0.4) is 0 Å². The second-order valence-corrected chi connectivity index (χ2v) is 9.83. The van der Waals surface area contributed by atoms with Crippen LogP contribution in [0.1, 0.15) is 50.0 Å². The van der Waals surface area contributed by atoms with E-state index in [0.717, 1.165) is 19.6 Å². The molecule has 0 radical (unpaired) electrons. The van der Waals surface area contributed by atoms with Crippen molar-refractivity contribution < 1.29 is 17.7 Å². The minimum absolute atomic E-state index is 0.0732. The van der Waals surface area contributed by atoms with Crippen molar-refractivity contribution in [2.75, 3.05) is 39.3 Å². The molecule has 0 bridgehead atoms. The first kappa shape index (κ1) is 21.3. The summed E-state index contributed by atoms with van der Waals surface area (Å²) >= 11 is 0. The normalized spacial score (nSPS) is 20.4. The van der Waals surface area contributed by atoms with Crippen LogP contribution in [0.15, 0.2) is 9.42 Å². The lowest BCUT2D eigenvalue weighted by molar-refractivity contribution is -0.122. The van der Waals surface area contributed by atoms with Crippen molar-refractivity contribution in [3.63, 3.8) is 0 Å². The molecular weight excluding hydrogens is 380 g/mol. The standard InChI is InChI=1S/C19H32N4O4S/c1-15-19(16(2)27-21-15)28(25,26)23-11-6-17(7-12-23)14-18(24)20-8-13-22-9-4-3-5-10-22/h17H,3-14H2,1-2H3,(H,20,24). The summed E-state index contributed by atoms with van der Waals surface area (Å²) in [6, 6.07) is 0. The van der Waals surface area contributed by atoms with Crippen molar-refractivity contribution in [2.24, 2.45) is 5.92 Å². The maximum atomic E-state index is 12.9. The van der Waals surface area contributed by atoms with Crippen LogP contribution < -0.4 is 5.32 Å². The zero-order valence-corrected chi connectivity index (χ0v) is 17.8.